The first kappa shape index (κ1) is 26.4. The number of nitrogens with one attached hydrogen (secondary N) is 1. The smallest absolute Gasteiger partial charge is 0.355 e. The van der Waals surface area contributed by atoms with Gasteiger partial charge in [0.15, 0.2) is 6.10 Å². The summed E-state index contributed by atoms with van der Waals surface area (Å²) in [5.74, 6) is -1.41. The van der Waals surface area contributed by atoms with Gasteiger partial charge in [-0.2, -0.15) is 0 Å². The first-order valence-electron chi connectivity index (χ1n) is 10.8. The van der Waals surface area contributed by atoms with Gasteiger partial charge in [-0.25, -0.2) is 9.59 Å². The molecule has 2 aromatic carbocycles. The molecule has 1 amide bonds. The van der Waals surface area contributed by atoms with Crippen LogP contribution in [-0.4, -0.2) is 38.2 Å². The van der Waals surface area contributed by atoms with Gasteiger partial charge in [0.2, 0.25) is 0 Å². The minimum absolute atomic E-state index is 0.00366. The molecule has 0 heterocycles. The number of allylic oxidation sites excluding steroid dienone is 1. The number of hydrogen-bond acceptors (Lipinski definition) is 6. The molecular formula is C25H30BrNO6. The van der Waals surface area contributed by atoms with Crippen molar-refractivity contribution in [3.8, 4) is 5.75 Å². The second kappa shape index (κ2) is 12.4. The number of hydrogen-bond donors (Lipinski definition) is 1. The highest BCUT2D eigenvalue weighted by molar-refractivity contribution is 9.11. The van der Waals surface area contributed by atoms with Crippen molar-refractivity contribution in [3.63, 3.8) is 0 Å². The van der Waals surface area contributed by atoms with E-state index in [9.17, 15) is 14.4 Å². The lowest BCUT2D eigenvalue weighted by Gasteiger charge is -2.19. The highest BCUT2D eigenvalue weighted by Crippen LogP contribution is 2.29. The van der Waals surface area contributed by atoms with E-state index in [2.05, 4.69) is 21.2 Å². The number of methoxy groups -OCH3 is 2. The average Bonchev–Trinajstić information content (AvgIpc) is 2.81. The molecule has 8 heteroatoms. The number of benzene rings is 2. The number of carbonyl (C=O) groups is 3. The predicted octanol–water partition coefficient (Wildman–Crippen LogP) is 5.18. The fraction of sp³-hybridized carbons (Fsp3) is 0.400. The van der Waals surface area contributed by atoms with Crippen molar-refractivity contribution >= 4 is 44.5 Å². The van der Waals surface area contributed by atoms with E-state index in [-0.39, 0.29) is 5.70 Å². The Bertz CT molecular complexity index is 1060. The summed E-state index contributed by atoms with van der Waals surface area (Å²) < 4.78 is 16.3. The van der Waals surface area contributed by atoms with Gasteiger partial charge < -0.3 is 19.5 Å². The molecule has 1 unspecified atom stereocenters. The largest absolute Gasteiger partial charge is 0.497 e. The summed E-state index contributed by atoms with van der Waals surface area (Å²) in [5.41, 5.74) is 1.29. The van der Waals surface area contributed by atoms with Crippen LogP contribution in [0.25, 0.3) is 10.8 Å². The van der Waals surface area contributed by atoms with Crippen LogP contribution in [0, 0.1) is 6.92 Å². The molecule has 0 aliphatic carbocycles. The van der Waals surface area contributed by atoms with Crippen molar-refractivity contribution < 1.29 is 28.6 Å². The summed E-state index contributed by atoms with van der Waals surface area (Å²) in [5, 5.41) is 4.15. The lowest BCUT2D eigenvalue weighted by molar-refractivity contribution is -0.139. The Hall–Kier alpha value is -2.87. The van der Waals surface area contributed by atoms with Crippen LogP contribution in [0.2, 0.25) is 0 Å². The van der Waals surface area contributed by atoms with E-state index in [4.69, 9.17) is 14.2 Å². The SMILES string of the molecule is CCC/C(Br)=C(/NC(=O)C(CCC)OC(=O)c1cc(OC)cc2c(C)cccc12)C(=O)OC. The molecule has 0 bridgehead atoms. The first-order valence-corrected chi connectivity index (χ1v) is 11.6. The molecule has 2 aromatic rings. The number of aryl methyl sites for hydroxylation is 1. The van der Waals surface area contributed by atoms with Gasteiger partial charge in [-0.3, -0.25) is 4.79 Å². The second-order valence-corrected chi connectivity index (χ2v) is 8.50. The summed E-state index contributed by atoms with van der Waals surface area (Å²) in [6, 6.07) is 9.08. The average molecular weight is 520 g/mol. The second-order valence-electron chi connectivity index (χ2n) is 7.54. The lowest BCUT2D eigenvalue weighted by Crippen LogP contribution is -2.39. The van der Waals surface area contributed by atoms with Crippen LogP contribution in [0.3, 0.4) is 0 Å². The summed E-state index contributed by atoms with van der Waals surface area (Å²) in [7, 11) is 2.76. The predicted molar refractivity (Wildman–Crippen MR) is 130 cm³/mol. The lowest BCUT2D eigenvalue weighted by atomic mass is 10.00. The van der Waals surface area contributed by atoms with Gasteiger partial charge >= 0.3 is 11.9 Å². The Labute approximate surface area is 202 Å². The molecule has 0 spiro atoms. The van der Waals surface area contributed by atoms with Crippen LogP contribution in [0.1, 0.15) is 55.5 Å². The molecule has 0 aromatic heterocycles. The van der Waals surface area contributed by atoms with E-state index in [1.165, 1.54) is 14.2 Å². The Morgan fingerprint density at radius 3 is 2.39 bits per heavy atom. The molecule has 0 saturated carbocycles. The van der Waals surface area contributed by atoms with E-state index in [1.54, 1.807) is 6.07 Å². The minimum atomic E-state index is -1.09. The molecule has 0 radical (unpaired) electrons. The molecule has 7 nitrogen and oxygen atoms in total. The maximum Gasteiger partial charge on any atom is 0.355 e. The molecule has 1 atom stereocenters. The molecule has 33 heavy (non-hydrogen) atoms. The zero-order valence-corrected chi connectivity index (χ0v) is 21.2. The highest BCUT2D eigenvalue weighted by Gasteiger charge is 2.27. The molecular weight excluding hydrogens is 490 g/mol. The molecule has 1 N–H and O–H groups in total. The number of halogens is 1. The van der Waals surface area contributed by atoms with E-state index < -0.39 is 23.9 Å². The normalized spacial score (nSPS) is 12.5. The van der Waals surface area contributed by atoms with Crippen molar-refractivity contribution in [1.82, 2.24) is 5.32 Å². The molecule has 0 aliphatic rings. The third-order valence-corrected chi connectivity index (χ3v) is 5.91. The van der Waals surface area contributed by atoms with Crippen LogP contribution in [0.15, 0.2) is 40.5 Å². The van der Waals surface area contributed by atoms with Crippen LogP contribution in [0.4, 0.5) is 0 Å². The first-order chi connectivity index (χ1) is 15.8. The molecule has 0 aliphatic heterocycles. The number of amides is 1. The Morgan fingerprint density at radius 1 is 1.06 bits per heavy atom. The van der Waals surface area contributed by atoms with Crippen molar-refractivity contribution in [2.45, 2.75) is 52.6 Å². The minimum Gasteiger partial charge on any atom is -0.497 e. The van der Waals surface area contributed by atoms with Gasteiger partial charge in [0.05, 0.1) is 19.8 Å². The van der Waals surface area contributed by atoms with Crippen LogP contribution >= 0.6 is 15.9 Å². The topological polar surface area (TPSA) is 90.9 Å². The highest BCUT2D eigenvalue weighted by atomic mass is 79.9. The van der Waals surface area contributed by atoms with E-state index >= 15 is 0 Å². The number of fused-ring (bicyclic) bond motifs is 1. The quantitative estimate of drug-likeness (QED) is 0.343. The zero-order valence-electron chi connectivity index (χ0n) is 19.6. The Balaban J connectivity index is 2.37. The maximum atomic E-state index is 13.2. The number of rotatable bonds is 10. The zero-order chi connectivity index (χ0) is 24.5. The Kier molecular flexibility index (Phi) is 9.91. The van der Waals surface area contributed by atoms with E-state index in [0.717, 1.165) is 17.4 Å². The monoisotopic (exact) mass is 519 g/mol. The van der Waals surface area contributed by atoms with Crippen molar-refractivity contribution in [2.24, 2.45) is 0 Å². The van der Waals surface area contributed by atoms with Crippen LogP contribution in [0.5, 0.6) is 5.75 Å². The van der Waals surface area contributed by atoms with Gasteiger partial charge in [-0.15, -0.1) is 0 Å². The Morgan fingerprint density at radius 2 is 1.79 bits per heavy atom. The van der Waals surface area contributed by atoms with Gasteiger partial charge in [0.1, 0.15) is 11.4 Å². The maximum absolute atomic E-state index is 13.2. The van der Waals surface area contributed by atoms with Gasteiger partial charge in [-0.05, 0) is 48.2 Å². The molecule has 0 saturated heterocycles. The van der Waals surface area contributed by atoms with Gasteiger partial charge in [0.25, 0.3) is 5.91 Å². The number of esters is 2. The summed E-state index contributed by atoms with van der Waals surface area (Å²) in [6.45, 7) is 5.77. The van der Waals surface area contributed by atoms with Gasteiger partial charge in [0, 0.05) is 4.48 Å². The fourth-order valence-corrected chi connectivity index (χ4v) is 4.03. The van der Waals surface area contributed by atoms with Crippen LogP contribution < -0.4 is 10.1 Å². The number of carbonyl (C=O) groups excluding carboxylic acids is 3. The molecule has 2 rings (SSSR count). The molecule has 178 valence electrons. The summed E-state index contributed by atoms with van der Waals surface area (Å²) in [4.78, 5) is 38.4. The standard InChI is InChI=1S/C25H30BrNO6/c1-6-9-20(26)22(25(30)32-5)27-23(28)21(10-7-2)33-24(29)19-14-16(31-4)13-18-15(3)11-8-12-17(18)19/h8,11-14,21H,6-7,9-10H2,1-5H3,(H,27,28)/b22-20-. The summed E-state index contributed by atoms with van der Waals surface area (Å²) in [6.07, 6.45) is 1.09. The van der Waals surface area contributed by atoms with Gasteiger partial charge in [-0.1, -0.05) is 60.8 Å². The third-order valence-electron chi connectivity index (χ3n) is 5.11. The van der Waals surface area contributed by atoms with E-state index in [0.29, 0.717) is 40.4 Å². The van der Waals surface area contributed by atoms with Crippen LogP contribution in [-0.2, 0) is 19.1 Å². The third kappa shape index (κ3) is 6.57. The molecule has 0 fully saturated rings. The van der Waals surface area contributed by atoms with Crippen molar-refractivity contribution in [2.75, 3.05) is 14.2 Å². The van der Waals surface area contributed by atoms with Crippen molar-refractivity contribution in [3.05, 3.63) is 51.6 Å². The van der Waals surface area contributed by atoms with E-state index in [1.807, 2.05) is 45.0 Å². The number of ether oxygens (including phenoxy) is 3. The fourth-order valence-electron chi connectivity index (χ4n) is 3.38. The van der Waals surface area contributed by atoms with Crippen molar-refractivity contribution in [1.29, 1.82) is 0 Å². The summed E-state index contributed by atoms with van der Waals surface area (Å²) >= 11 is 3.34.